The number of aromatic nitrogens is 1. The van der Waals surface area contributed by atoms with Crippen LogP contribution in [0.5, 0.6) is 0 Å². The van der Waals surface area contributed by atoms with Crippen LogP contribution >= 0.6 is 37.2 Å². The minimum Gasteiger partial charge on any atom is -0.478 e. The molecule has 1 aliphatic heterocycles. The first-order chi connectivity index (χ1) is 14.3. The van der Waals surface area contributed by atoms with Gasteiger partial charge in [-0.2, -0.15) is 0 Å². The molecule has 2 heterocycles. The van der Waals surface area contributed by atoms with E-state index in [1.165, 1.54) is 0 Å². The summed E-state index contributed by atoms with van der Waals surface area (Å²) >= 11 is 0. The lowest BCUT2D eigenvalue weighted by molar-refractivity contribution is -0.118. The molecule has 0 bridgehead atoms. The van der Waals surface area contributed by atoms with E-state index in [1.807, 2.05) is 4.90 Å². The van der Waals surface area contributed by atoms with Gasteiger partial charge < -0.3 is 25.0 Å². The van der Waals surface area contributed by atoms with Crippen molar-refractivity contribution in [3.05, 3.63) is 29.8 Å². The van der Waals surface area contributed by atoms with Gasteiger partial charge in [0.25, 0.3) is 0 Å². The van der Waals surface area contributed by atoms with E-state index in [9.17, 15) is 19.5 Å². The van der Waals surface area contributed by atoms with Gasteiger partial charge in [0.15, 0.2) is 0 Å². The van der Waals surface area contributed by atoms with Gasteiger partial charge in [0.2, 0.25) is 5.91 Å². The summed E-state index contributed by atoms with van der Waals surface area (Å²) in [6, 6.07) is 6.59. The number of rotatable bonds is 5. The third-order valence-electron chi connectivity index (χ3n) is 4.95. The first-order valence-electron chi connectivity index (χ1n) is 9.95. The summed E-state index contributed by atoms with van der Waals surface area (Å²) in [6.07, 6.45) is -0.342. The Bertz CT molecular complexity index is 982. The van der Waals surface area contributed by atoms with Crippen LogP contribution in [0.1, 0.15) is 31.1 Å². The molecule has 1 fully saturated rings. The number of aromatic carboxylic acids is 1. The normalized spacial score (nSPS) is 12.8. The van der Waals surface area contributed by atoms with Crippen LogP contribution in [0.4, 0.5) is 16.3 Å². The molecule has 3 rings (SSSR count). The Morgan fingerprint density at radius 1 is 1.09 bits per heavy atom. The number of fused-ring (bicyclic) bond motifs is 1. The quantitative estimate of drug-likeness (QED) is 0.607. The van der Waals surface area contributed by atoms with Gasteiger partial charge in [0, 0.05) is 43.2 Å². The summed E-state index contributed by atoms with van der Waals surface area (Å²) in [5.74, 6) is -0.854. The van der Waals surface area contributed by atoms with Crippen molar-refractivity contribution < 1.29 is 24.2 Å². The molecule has 33 heavy (non-hydrogen) atoms. The molecule has 0 atom stereocenters. The molecule has 1 aromatic carbocycles. The Labute approximate surface area is 211 Å². The second-order valence-corrected chi connectivity index (χ2v) is 7.38. The molecule has 2 amide bonds. The molecule has 0 spiro atoms. The predicted molar refractivity (Wildman–Crippen MR) is 135 cm³/mol. The first kappa shape index (κ1) is 30.5. The number of piperazine rings is 1. The lowest BCUT2D eigenvalue weighted by Crippen LogP contribution is -2.49. The van der Waals surface area contributed by atoms with Crippen LogP contribution in [0, 0.1) is 5.92 Å². The molecule has 9 nitrogen and oxygen atoms in total. The number of hydrogen-bond donors (Lipinski definition) is 2. The molecular formula is C21H29Cl3N4O5. The maximum atomic E-state index is 12.0. The molecule has 0 saturated carbocycles. The van der Waals surface area contributed by atoms with Crippen LogP contribution < -0.4 is 10.2 Å². The van der Waals surface area contributed by atoms with Crippen molar-refractivity contribution in [1.82, 2.24) is 9.88 Å². The summed E-state index contributed by atoms with van der Waals surface area (Å²) in [5.41, 5.74) is 1.17. The van der Waals surface area contributed by atoms with Crippen molar-refractivity contribution in [2.24, 2.45) is 5.92 Å². The van der Waals surface area contributed by atoms with Crippen LogP contribution in [0.3, 0.4) is 0 Å². The zero-order valence-electron chi connectivity index (χ0n) is 18.6. The van der Waals surface area contributed by atoms with E-state index in [2.05, 4.69) is 10.3 Å². The zero-order chi connectivity index (χ0) is 21.8. The fraction of sp³-hybridized carbons (Fsp3) is 0.429. The number of hydrogen-bond acceptors (Lipinski definition) is 6. The van der Waals surface area contributed by atoms with E-state index in [4.69, 9.17) is 4.74 Å². The number of carboxylic acids is 1. The maximum Gasteiger partial charge on any atom is 0.409 e. The Morgan fingerprint density at radius 2 is 1.73 bits per heavy atom. The van der Waals surface area contributed by atoms with Crippen molar-refractivity contribution in [3.8, 4) is 0 Å². The van der Waals surface area contributed by atoms with E-state index in [1.54, 1.807) is 49.9 Å². The van der Waals surface area contributed by atoms with Gasteiger partial charge in [-0.15, -0.1) is 37.2 Å². The second kappa shape index (κ2) is 13.3. The smallest absolute Gasteiger partial charge is 0.409 e. The number of carbonyl (C=O) groups excluding carboxylic acids is 2. The van der Waals surface area contributed by atoms with Crippen molar-refractivity contribution in [2.45, 2.75) is 20.8 Å². The lowest BCUT2D eigenvalue weighted by Gasteiger charge is -2.35. The van der Waals surface area contributed by atoms with Gasteiger partial charge >= 0.3 is 12.1 Å². The van der Waals surface area contributed by atoms with Crippen molar-refractivity contribution in [2.75, 3.05) is 43.0 Å². The van der Waals surface area contributed by atoms with Crippen LogP contribution in [-0.4, -0.2) is 65.7 Å². The topological polar surface area (TPSA) is 112 Å². The Kier molecular flexibility index (Phi) is 12.3. The van der Waals surface area contributed by atoms with Gasteiger partial charge in [-0.05, 0) is 31.2 Å². The highest BCUT2D eigenvalue weighted by Crippen LogP contribution is 2.27. The third kappa shape index (κ3) is 7.25. The number of benzene rings is 1. The average Bonchev–Trinajstić information content (AvgIpc) is 2.73. The Morgan fingerprint density at radius 3 is 2.27 bits per heavy atom. The number of anilines is 2. The average molecular weight is 524 g/mol. The molecule has 1 aromatic heterocycles. The number of ether oxygens (including phenoxy) is 1. The van der Waals surface area contributed by atoms with Gasteiger partial charge in [-0.1, -0.05) is 13.8 Å². The standard InChI is InChI=1S/C21H26N4O5.3ClH/c1-4-30-21(29)25-9-7-24(8-10-25)18-12-16(20(27)28)15-11-14(5-6-17(15)23-18)22-19(26)13(2)3;;;/h5-6,11-13H,4,7-10H2,1-3H3,(H,22,26)(H,27,28);3*1H. The second-order valence-electron chi connectivity index (χ2n) is 7.38. The monoisotopic (exact) mass is 522 g/mol. The molecule has 1 saturated heterocycles. The van der Waals surface area contributed by atoms with Crippen molar-refractivity contribution >= 4 is 77.6 Å². The number of amides is 2. The third-order valence-corrected chi connectivity index (χ3v) is 4.95. The molecule has 0 aliphatic carbocycles. The first-order valence-corrected chi connectivity index (χ1v) is 9.95. The van der Waals surface area contributed by atoms with Crippen LogP contribution in [0.2, 0.25) is 0 Å². The fourth-order valence-corrected chi connectivity index (χ4v) is 3.25. The Balaban J connectivity index is 0.00000341. The molecular weight excluding hydrogens is 495 g/mol. The summed E-state index contributed by atoms with van der Waals surface area (Å²) < 4.78 is 5.03. The van der Waals surface area contributed by atoms with Gasteiger partial charge in [-0.3, -0.25) is 4.79 Å². The largest absolute Gasteiger partial charge is 0.478 e. The number of carboxylic acid groups (broad SMARTS) is 1. The highest BCUT2D eigenvalue weighted by molar-refractivity contribution is 6.05. The van der Waals surface area contributed by atoms with Gasteiger partial charge in [0.05, 0.1) is 17.7 Å². The minimum atomic E-state index is -1.07. The van der Waals surface area contributed by atoms with E-state index in [-0.39, 0.29) is 60.7 Å². The molecule has 2 aromatic rings. The number of nitrogens with zero attached hydrogens (tertiary/aromatic N) is 3. The van der Waals surface area contributed by atoms with Crippen molar-refractivity contribution in [3.63, 3.8) is 0 Å². The van der Waals surface area contributed by atoms with E-state index >= 15 is 0 Å². The number of carbonyl (C=O) groups is 3. The Hall–Kier alpha value is -2.49. The highest BCUT2D eigenvalue weighted by atomic mass is 35.5. The van der Waals surface area contributed by atoms with E-state index < -0.39 is 5.97 Å². The molecule has 1 aliphatic rings. The van der Waals surface area contributed by atoms with Gasteiger partial charge in [0.1, 0.15) is 5.82 Å². The maximum absolute atomic E-state index is 12.0. The van der Waals surface area contributed by atoms with Crippen LogP contribution in [0.25, 0.3) is 10.9 Å². The van der Waals surface area contributed by atoms with Crippen molar-refractivity contribution in [1.29, 1.82) is 0 Å². The van der Waals surface area contributed by atoms with Crippen LogP contribution in [0.15, 0.2) is 24.3 Å². The fourth-order valence-electron chi connectivity index (χ4n) is 3.25. The highest BCUT2D eigenvalue weighted by Gasteiger charge is 2.24. The summed E-state index contributed by atoms with van der Waals surface area (Å²) in [5, 5.41) is 13.0. The number of pyridine rings is 1. The molecule has 0 unspecified atom stereocenters. The number of nitrogens with one attached hydrogen (secondary N) is 1. The zero-order valence-corrected chi connectivity index (χ0v) is 21.0. The molecule has 0 radical (unpaired) electrons. The predicted octanol–water partition coefficient (Wildman–Crippen LogP) is 4.07. The summed E-state index contributed by atoms with van der Waals surface area (Å²) in [4.78, 5) is 43.9. The van der Waals surface area contributed by atoms with Crippen LogP contribution in [-0.2, 0) is 9.53 Å². The SMILES string of the molecule is CCOC(=O)N1CCN(c2cc(C(=O)O)c3cc(NC(=O)C(C)C)ccc3n2)CC1.Cl.Cl.Cl. The summed E-state index contributed by atoms with van der Waals surface area (Å²) in [7, 11) is 0. The van der Waals surface area contributed by atoms with E-state index in [0.717, 1.165) is 0 Å². The minimum absolute atomic E-state index is 0. The molecule has 12 heteroatoms. The van der Waals surface area contributed by atoms with E-state index in [0.29, 0.717) is 55.2 Å². The lowest BCUT2D eigenvalue weighted by atomic mass is 10.1. The number of halogens is 3. The van der Waals surface area contributed by atoms with Gasteiger partial charge in [-0.25, -0.2) is 14.6 Å². The summed E-state index contributed by atoms with van der Waals surface area (Å²) in [6.45, 7) is 7.66. The molecule has 184 valence electrons. The molecule has 2 N–H and O–H groups in total.